The van der Waals surface area contributed by atoms with E-state index in [0.717, 1.165) is 23.0 Å². The van der Waals surface area contributed by atoms with Crippen molar-refractivity contribution in [3.8, 4) is 0 Å². The van der Waals surface area contributed by atoms with E-state index in [4.69, 9.17) is 16.7 Å². The first-order chi connectivity index (χ1) is 9.79. The third kappa shape index (κ3) is 3.82. The summed E-state index contributed by atoms with van der Waals surface area (Å²) in [5.41, 5.74) is 0.722. The van der Waals surface area contributed by atoms with Crippen LogP contribution in [-0.2, 0) is 10.0 Å². The Bertz CT molecular complexity index is 770. The van der Waals surface area contributed by atoms with E-state index < -0.39 is 22.0 Å². The number of rotatable bonds is 5. The first-order valence-corrected chi connectivity index (χ1v) is 8.63. The zero-order valence-corrected chi connectivity index (χ0v) is 13.3. The number of nitrogens with one attached hydrogen (secondary N) is 1. The van der Waals surface area contributed by atoms with Crippen LogP contribution in [0.3, 0.4) is 0 Å². The molecule has 2 N–H and O–H groups in total. The molecule has 2 aromatic rings. The lowest BCUT2D eigenvalue weighted by Gasteiger charge is -2.14. The summed E-state index contributed by atoms with van der Waals surface area (Å²) in [4.78, 5) is 10.7. The molecule has 5 nitrogen and oxygen atoms in total. The summed E-state index contributed by atoms with van der Waals surface area (Å²) in [5, 5.41) is 10.7. The van der Waals surface area contributed by atoms with Crippen LogP contribution in [0.15, 0.2) is 40.6 Å². The summed E-state index contributed by atoms with van der Waals surface area (Å²) in [6.07, 6.45) is 0. The molecule has 0 bridgehead atoms. The highest BCUT2D eigenvalue weighted by molar-refractivity contribution is 7.89. The highest BCUT2D eigenvalue weighted by Crippen LogP contribution is 2.23. The first kappa shape index (κ1) is 16.0. The van der Waals surface area contributed by atoms with Crippen molar-refractivity contribution in [1.29, 1.82) is 0 Å². The first-order valence-electron chi connectivity index (χ1n) is 5.89. The number of thiophene rings is 1. The van der Waals surface area contributed by atoms with Gasteiger partial charge in [-0.05, 0) is 30.7 Å². The van der Waals surface area contributed by atoms with E-state index in [0.29, 0.717) is 5.02 Å². The van der Waals surface area contributed by atoms with Gasteiger partial charge in [0.25, 0.3) is 0 Å². The highest BCUT2D eigenvalue weighted by Gasteiger charge is 2.21. The fourth-order valence-corrected chi connectivity index (χ4v) is 4.26. The fourth-order valence-electron chi connectivity index (χ4n) is 1.72. The van der Waals surface area contributed by atoms with Gasteiger partial charge < -0.3 is 5.11 Å². The fraction of sp³-hybridized carbons (Fsp3) is 0.154. The highest BCUT2D eigenvalue weighted by atomic mass is 35.5. The summed E-state index contributed by atoms with van der Waals surface area (Å²) in [6.45, 7) is 1.69. The molecule has 21 heavy (non-hydrogen) atoms. The molecular formula is C13H12ClNO4S2. The van der Waals surface area contributed by atoms with Crippen LogP contribution in [-0.4, -0.2) is 19.5 Å². The van der Waals surface area contributed by atoms with Crippen LogP contribution < -0.4 is 4.72 Å². The lowest BCUT2D eigenvalue weighted by atomic mass is 10.1. The lowest BCUT2D eigenvalue weighted by Crippen LogP contribution is -2.26. The average Bonchev–Trinajstić information content (AvgIpc) is 2.88. The van der Waals surface area contributed by atoms with Gasteiger partial charge in [-0.1, -0.05) is 23.7 Å². The second kappa shape index (κ2) is 6.15. The molecule has 0 saturated carbocycles. The number of carboxylic acid groups (broad SMARTS) is 1. The van der Waals surface area contributed by atoms with Gasteiger partial charge in [0.15, 0.2) is 0 Å². The number of carbonyl (C=O) groups is 1. The minimum absolute atomic E-state index is 0.0224. The van der Waals surface area contributed by atoms with Gasteiger partial charge in [0.2, 0.25) is 10.0 Å². The largest absolute Gasteiger partial charge is 0.477 e. The van der Waals surface area contributed by atoms with Gasteiger partial charge >= 0.3 is 5.97 Å². The number of sulfonamides is 1. The number of hydrogen-bond donors (Lipinski definition) is 2. The Balaban J connectivity index is 2.22. The minimum Gasteiger partial charge on any atom is -0.477 e. The molecule has 0 aliphatic carbocycles. The van der Waals surface area contributed by atoms with Crippen molar-refractivity contribution in [2.45, 2.75) is 17.9 Å². The summed E-state index contributed by atoms with van der Waals surface area (Å²) in [5.74, 6) is -1.15. The number of carboxylic acids is 1. The van der Waals surface area contributed by atoms with Gasteiger partial charge in [0.1, 0.15) is 4.88 Å². The van der Waals surface area contributed by atoms with E-state index in [-0.39, 0.29) is 9.77 Å². The molecule has 0 amide bonds. The number of halogens is 1. The Morgan fingerprint density at radius 2 is 2.10 bits per heavy atom. The van der Waals surface area contributed by atoms with Crippen LogP contribution in [0.2, 0.25) is 5.02 Å². The van der Waals surface area contributed by atoms with Crippen molar-refractivity contribution in [3.63, 3.8) is 0 Å². The molecule has 0 fully saturated rings. The topological polar surface area (TPSA) is 83.5 Å². The molecule has 0 radical (unpaired) electrons. The summed E-state index contributed by atoms with van der Waals surface area (Å²) in [7, 11) is -3.78. The van der Waals surface area contributed by atoms with Crippen molar-refractivity contribution in [2.24, 2.45) is 0 Å². The third-order valence-corrected chi connectivity index (χ3v) is 5.60. The smallest absolute Gasteiger partial charge is 0.345 e. The van der Waals surface area contributed by atoms with Crippen molar-refractivity contribution in [1.82, 2.24) is 4.72 Å². The van der Waals surface area contributed by atoms with E-state index in [9.17, 15) is 13.2 Å². The molecule has 112 valence electrons. The minimum atomic E-state index is -3.78. The molecule has 1 aromatic heterocycles. The van der Waals surface area contributed by atoms with E-state index >= 15 is 0 Å². The van der Waals surface area contributed by atoms with Gasteiger partial charge in [-0.25, -0.2) is 17.9 Å². The Hall–Kier alpha value is -1.41. The zero-order chi connectivity index (χ0) is 15.6. The van der Waals surface area contributed by atoms with Crippen LogP contribution in [0.25, 0.3) is 0 Å². The molecule has 1 heterocycles. The van der Waals surface area contributed by atoms with Crippen molar-refractivity contribution in [2.75, 3.05) is 0 Å². The second-order valence-electron chi connectivity index (χ2n) is 4.35. The molecule has 1 aromatic carbocycles. The van der Waals surface area contributed by atoms with Gasteiger partial charge in [-0.3, -0.25) is 0 Å². The van der Waals surface area contributed by atoms with Gasteiger partial charge in [-0.2, -0.15) is 0 Å². The van der Waals surface area contributed by atoms with E-state index in [1.807, 2.05) is 0 Å². The maximum absolute atomic E-state index is 12.2. The maximum Gasteiger partial charge on any atom is 0.345 e. The van der Waals surface area contributed by atoms with Crippen LogP contribution in [0.5, 0.6) is 0 Å². The standard InChI is InChI=1S/C13H12ClNO4S2/c1-8(9-3-2-4-10(14)5-9)15-21(18,19)11-6-12(13(16)17)20-7-11/h2-8,15H,1H3,(H,16,17)/t8-/m0/s1. The molecule has 1 atom stereocenters. The van der Waals surface area contributed by atoms with Gasteiger partial charge in [0, 0.05) is 16.4 Å². The normalized spacial score (nSPS) is 13.0. The Morgan fingerprint density at radius 1 is 1.38 bits per heavy atom. The van der Waals surface area contributed by atoms with Crippen molar-refractivity contribution in [3.05, 3.63) is 51.2 Å². The third-order valence-electron chi connectivity index (χ3n) is 2.78. The van der Waals surface area contributed by atoms with E-state index in [2.05, 4.69) is 4.72 Å². The molecule has 2 rings (SSSR count). The van der Waals surface area contributed by atoms with Gasteiger partial charge in [-0.15, -0.1) is 11.3 Å². The SMILES string of the molecule is C[C@H](NS(=O)(=O)c1csc(C(=O)O)c1)c1cccc(Cl)c1. The van der Waals surface area contributed by atoms with Crippen molar-refractivity contribution >= 4 is 38.9 Å². The van der Waals surface area contributed by atoms with Crippen LogP contribution in [0.4, 0.5) is 0 Å². The molecular weight excluding hydrogens is 334 g/mol. The van der Waals surface area contributed by atoms with E-state index in [1.165, 1.54) is 5.38 Å². The van der Waals surface area contributed by atoms with Crippen LogP contribution >= 0.6 is 22.9 Å². The van der Waals surface area contributed by atoms with Crippen LogP contribution in [0.1, 0.15) is 28.2 Å². The molecule has 0 unspecified atom stereocenters. The van der Waals surface area contributed by atoms with Crippen LogP contribution in [0, 0.1) is 0 Å². The predicted molar refractivity (Wildman–Crippen MR) is 81.5 cm³/mol. The number of hydrogen-bond acceptors (Lipinski definition) is 4. The van der Waals surface area contributed by atoms with Crippen molar-refractivity contribution < 1.29 is 18.3 Å². The maximum atomic E-state index is 12.2. The Morgan fingerprint density at radius 3 is 2.67 bits per heavy atom. The number of benzene rings is 1. The Kier molecular flexibility index (Phi) is 4.67. The van der Waals surface area contributed by atoms with Gasteiger partial charge in [0.05, 0.1) is 4.90 Å². The monoisotopic (exact) mass is 345 g/mol. The molecule has 8 heteroatoms. The molecule has 0 saturated heterocycles. The summed E-state index contributed by atoms with van der Waals surface area (Å²) < 4.78 is 26.9. The molecule has 0 aliphatic heterocycles. The quantitative estimate of drug-likeness (QED) is 0.872. The molecule has 0 spiro atoms. The zero-order valence-electron chi connectivity index (χ0n) is 10.9. The number of aromatic carboxylic acids is 1. The lowest BCUT2D eigenvalue weighted by molar-refractivity contribution is 0.0702. The summed E-state index contributed by atoms with van der Waals surface area (Å²) in [6, 6.07) is 7.52. The predicted octanol–water partition coefficient (Wildman–Crippen LogP) is 3.14. The summed E-state index contributed by atoms with van der Waals surface area (Å²) >= 11 is 6.74. The second-order valence-corrected chi connectivity index (χ2v) is 7.41. The molecule has 0 aliphatic rings. The average molecular weight is 346 g/mol. The Labute approximate surface area is 131 Å². The van der Waals surface area contributed by atoms with E-state index in [1.54, 1.807) is 31.2 Å².